The third kappa shape index (κ3) is 6.02. The first kappa shape index (κ1) is 19.8. The molecule has 1 fully saturated rings. The van der Waals surface area contributed by atoms with Crippen molar-refractivity contribution in [2.45, 2.75) is 51.6 Å². The number of H-pyrrole nitrogens is 1. The number of nitrogens with one attached hydrogen (secondary N) is 3. The number of halogens is 1. The molecular formula is C19H28IN5. The molecule has 3 N–H and O–H groups in total. The van der Waals surface area contributed by atoms with Gasteiger partial charge >= 0.3 is 0 Å². The highest BCUT2D eigenvalue weighted by Crippen LogP contribution is 2.18. The summed E-state index contributed by atoms with van der Waals surface area (Å²) in [5, 5.41) is 6.90. The number of hydrogen-bond donors (Lipinski definition) is 3. The molecule has 2 aromatic rings. The molecule has 0 spiro atoms. The molecule has 1 aliphatic rings. The third-order valence-electron chi connectivity index (χ3n) is 4.39. The van der Waals surface area contributed by atoms with Gasteiger partial charge in [-0.2, -0.15) is 0 Å². The van der Waals surface area contributed by atoms with Crippen molar-refractivity contribution in [3.63, 3.8) is 0 Å². The summed E-state index contributed by atoms with van der Waals surface area (Å²) in [5.74, 6) is 1.77. The van der Waals surface area contributed by atoms with Gasteiger partial charge in [-0.3, -0.25) is 0 Å². The molecule has 0 radical (unpaired) electrons. The number of rotatable bonds is 5. The number of benzene rings is 1. The molecule has 0 atom stereocenters. The molecule has 5 nitrogen and oxygen atoms in total. The SMILES string of the molecule is CCNC(=NCc1ncc(-c2ccccc2)[nH]1)NC1CCCCC1.I. The van der Waals surface area contributed by atoms with E-state index in [2.05, 4.69) is 44.7 Å². The van der Waals surface area contributed by atoms with Crippen LogP contribution in [-0.4, -0.2) is 28.5 Å². The van der Waals surface area contributed by atoms with Gasteiger partial charge in [0.2, 0.25) is 0 Å². The van der Waals surface area contributed by atoms with Gasteiger partial charge in [0.25, 0.3) is 0 Å². The van der Waals surface area contributed by atoms with Crippen LogP contribution < -0.4 is 10.6 Å². The zero-order valence-corrected chi connectivity index (χ0v) is 17.1. The van der Waals surface area contributed by atoms with Crippen molar-refractivity contribution in [3.8, 4) is 11.3 Å². The minimum absolute atomic E-state index is 0. The van der Waals surface area contributed by atoms with Crippen LogP contribution in [0.25, 0.3) is 11.3 Å². The van der Waals surface area contributed by atoms with E-state index in [1.54, 1.807) is 0 Å². The Labute approximate surface area is 167 Å². The van der Waals surface area contributed by atoms with Crippen molar-refractivity contribution in [1.29, 1.82) is 0 Å². The van der Waals surface area contributed by atoms with E-state index >= 15 is 0 Å². The van der Waals surface area contributed by atoms with Crippen LogP contribution in [0.1, 0.15) is 44.9 Å². The lowest BCUT2D eigenvalue weighted by molar-refractivity contribution is 0.410. The van der Waals surface area contributed by atoms with Gasteiger partial charge in [-0.05, 0) is 25.3 Å². The second-order valence-electron chi connectivity index (χ2n) is 6.28. The molecular weight excluding hydrogens is 425 g/mol. The zero-order chi connectivity index (χ0) is 16.6. The largest absolute Gasteiger partial charge is 0.357 e. The number of guanidine groups is 1. The molecule has 1 aromatic carbocycles. The van der Waals surface area contributed by atoms with Gasteiger partial charge in [-0.15, -0.1) is 24.0 Å². The summed E-state index contributed by atoms with van der Waals surface area (Å²) in [5.41, 5.74) is 2.18. The van der Waals surface area contributed by atoms with Gasteiger partial charge in [0.05, 0.1) is 11.9 Å². The molecule has 25 heavy (non-hydrogen) atoms. The Kier molecular flexibility index (Phi) is 8.24. The molecule has 0 amide bonds. The summed E-state index contributed by atoms with van der Waals surface area (Å²) >= 11 is 0. The summed E-state index contributed by atoms with van der Waals surface area (Å²) in [6.07, 6.45) is 8.35. The normalized spacial score (nSPS) is 15.5. The maximum absolute atomic E-state index is 4.69. The fourth-order valence-electron chi connectivity index (χ4n) is 3.12. The van der Waals surface area contributed by atoms with Crippen molar-refractivity contribution >= 4 is 29.9 Å². The Morgan fingerprint density at radius 3 is 2.68 bits per heavy atom. The van der Waals surface area contributed by atoms with Gasteiger partial charge in [0.15, 0.2) is 5.96 Å². The number of hydrogen-bond acceptors (Lipinski definition) is 2. The fourth-order valence-corrected chi connectivity index (χ4v) is 3.12. The highest BCUT2D eigenvalue weighted by molar-refractivity contribution is 14.0. The van der Waals surface area contributed by atoms with Crippen LogP contribution in [0.2, 0.25) is 0 Å². The van der Waals surface area contributed by atoms with E-state index in [1.165, 1.54) is 32.1 Å². The van der Waals surface area contributed by atoms with Crippen LogP contribution in [0.4, 0.5) is 0 Å². The average Bonchev–Trinajstić information content (AvgIpc) is 3.11. The van der Waals surface area contributed by atoms with Gasteiger partial charge in [-0.1, -0.05) is 49.6 Å². The second kappa shape index (κ2) is 10.4. The van der Waals surface area contributed by atoms with Gasteiger partial charge < -0.3 is 15.6 Å². The standard InChI is InChI=1S/C19H27N5.HI/c1-2-20-19(23-16-11-7-4-8-12-16)22-14-18-21-13-17(24-18)15-9-5-3-6-10-15;/h3,5-6,9-10,13,16H,2,4,7-8,11-12,14H2,1H3,(H,21,24)(H2,20,22,23);1H. The van der Waals surface area contributed by atoms with Crippen molar-refractivity contribution < 1.29 is 0 Å². The van der Waals surface area contributed by atoms with Crippen LogP contribution in [0.5, 0.6) is 0 Å². The predicted octanol–water partition coefficient (Wildman–Crippen LogP) is 4.08. The predicted molar refractivity (Wildman–Crippen MR) is 114 cm³/mol. The van der Waals surface area contributed by atoms with E-state index in [0.29, 0.717) is 12.6 Å². The van der Waals surface area contributed by atoms with Crippen LogP contribution in [-0.2, 0) is 6.54 Å². The summed E-state index contributed by atoms with van der Waals surface area (Å²) in [4.78, 5) is 12.5. The number of nitrogens with zero attached hydrogens (tertiary/aromatic N) is 2. The number of aliphatic imine (C=N–C) groups is 1. The first-order chi connectivity index (χ1) is 11.8. The Balaban J connectivity index is 0.00000225. The van der Waals surface area contributed by atoms with Crippen molar-refractivity contribution in [1.82, 2.24) is 20.6 Å². The number of aromatic amines is 1. The van der Waals surface area contributed by atoms with E-state index in [1.807, 2.05) is 24.4 Å². The molecule has 3 rings (SSSR count). The molecule has 1 heterocycles. The Bertz CT molecular complexity index is 647. The molecule has 1 saturated carbocycles. The Hall–Kier alpha value is -1.57. The molecule has 136 valence electrons. The summed E-state index contributed by atoms with van der Waals surface area (Å²) < 4.78 is 0. The summed E-state index contributed by atoms with van der Waals surface area (Å²) in [6, 6.07) is 10.8. The van der Waals surface area contributed by atoms with Crippen LogP contribution in [0.15, 0.2) is 41.5 Å². The smallest absolute Gasteiger partial charge is 0.191 e. The highest BCUT2D eigenvalue weighted by Gasteiger charge is 2.14. The van der Waals surface area contributed by atoms with Crippen LogP contribution >= 0.6 is 24.0 Å². The first-order valence-corrected chi connectivity index (χ1v) is 8.99. The minimum atomic E-state index is 0. The van der Waals surface area contributed by atoms with Gasteiger partial charge in [0.1, 0.15) is 12.4 Å². The van der Waals surface area contributed by atoms with E-state index < -0.39 is 0 Å². The average molecular weight is 453 g/mol. The summed E-state index contributed by atoms with van der Waals surface area (Å²) in [7, 11) is 0. The van der Waals surface area contributed by atoms with Gasteiger partial charge in [-0.25, -0.2) is 9.98 Å². The Morgan fingerprint density at radius 2 is 1.96 bits per heavy atom. The monoisotopic (exact) mass is 453 g/mol. The van der Waals surface area contributed by atoms with Gasteiger partial charge in [0, 0.05) is 12.6 Å². The van der Waals surface area contributed by atoms with E-state index in [4.69, 9.17) is 0 Å². The first-order valence-electron chi connectivity index (χ1n) is 8.99. The molecule has 0 unspecified atom stereocenters. The van der Waals surface area contributed by atoms with E-state index in [0.717, 1.165) is 29.6 Å². The minimum Gasteiger partial charge on any atom is -0.357 e. The van der Waals surface area contributed by atoms with Crippen molar-refractivity contribution in [3.05, 3.63) is 42.4 Å². The lowest BCUT2D eigenvalue weighted by atomic mass is 9.96. The molecule has 0 bridgehead atoms. The lowest BCUT2D eigenvalue weighted by Gasteiger charge is -2.24. The molecule has 0 aliphatic heterocycles. The zero-order valence-electron chi connectivity index (χ0n) is 14.8. The summed E-state index contributed by atoms with van der Waals surface area (Å²) in [6.45, 7) is 3.51. The van der Waals surface area contributed by atoms with Crippen LogP contribution in [0, 0.1) is 0 Å². The highest BCUT2D eigenvalue weighted by atomic mass is 127. The van der Waals surface area contributed by atoms with E-state index in [9.17, 15) is 0 Å². The number of imidazole rings is 1. The molecule has 0 saturated heterocycles. The topological polar surface area (TPSA) is 65.1 Å². The third-order valence-corrected chi connectivity index (χ3v) is 4.39. The maximum Gasteiger partial charge on any atom is 0.191 e. The fraction of sp³-hybridized carbons (Fsp3) is 0.474. The van der Waals surface area contributed by atoms with Crippen LogP contribution in [0.3, 0.4) is 0 Å². The molecule has 6 heteroatoms. The lowest BCUT2D eigenvalue weighted by Crippen LogP contribution is -2.44. The second-order valence-corrected chi connectivity index (χ2v) is 6.28. The van der Waals surface area contributed by atoms with Crippen molar-refractivity contribution in [2.24, 2.45) is 4.99 Å². The van der Waals surface area contributed by atoms with Crippen molar-refractivity contribution in [2.75, 3.05) is 6.54 Å². The maximum atomic E-state index is 4.69. The van der Waals surface area contributed by atoms with E-state index in [-0.39, 0.29) is 24.0 Å². The Morgan fingerprint density at radius 1 is 1.20 bits per heavy atom. The number of aromatic nitrogens is 2. The quantitative estimate of drug-likeness (QED) is 0.363. The molecule has 1 aromatic heterocycles. The molecule has 1 aliphatic carbocycles.